The van der Waals surface area contributed by atoms with Crippen LogP contribution in [-0.4, -0.2) is 106 Å². The number of aryl methyl sites for hydroxylation is 3. The van der Waals surface area contributed by atoms with E-state index >= 15 is 0 Å². The smallest absolute Gasteiger partial charge is 0.307 e. The SMILES string of the molecule is Cn1c(C[C@H](C(=O)O)[C@H]2CCNC2)nc2ccc(CN(Cc3ccc4nc(C[C@H](C(=O)O)[C@H]5CCNC5)n(C)c4c3)Cc3ccc4nc(C[C@H](C(=O)O)[C@H]5CCNC5)n(C)c4c3)cc21. The zero-order valence-corrected chi connectivity index (χ0v) is 37.0. The Hall–Kier alpha value is -5.68. The molecule has 16 heteroatoms. The van der Waals surface area contributed by atoms with Crippen LogP contribution in [0.1, 0.15) is 53.4 Å². The zero-order valence-electron chi connectivity index (χ0n) is 37.0. The maximum atomic E-state index is 12.4. The predicted octanol–water partition coefficient (Wildman–Crippen LogP) is 4.11. The third-order valence-corrected chi connectivity index (χ3v) is 14.5. The Morgan fingerprint density at radius 1 is 0.547 bits per heavy atom. The first-order valence-electron chi connectivity index (χ1n) is 22.8. The molecule has 0 amide bonds. The number of aromatic nitrogens is 6. The first-order chi connectivity index (χ1) is 30.9. The Balaban J connectivity index is 1.01. The highest BCUT2D eigenvalue weighted by Crippen LogP contribution is 2.30. The predicted molar refractivity (Wildman–Crippen MR) is 243 cm³/mol. The van der Waals surface area contributed by atoms with E-state index in [0.29, 0.717) is 58.5 Å². The maximum absolute atomic E-state index is 12.4. The molecular weight excluding hydrogens is 813 g/mol. The van der Waals surface area contributed by atoms with Crippen molar-refractivity contribution >= 4 is 51.0 Å². The molecule has 16 nitrogen and oxygen atoms in total. The number of rotatable bonds is 18. The van der Waals surface area contributed by atoms with Crippen molar-refractivity contribution in [3.05, 3.63) is 88.8 Å². The summed E-state index contributed by atoms with van der Waals surface area (Å²) in [7, 11) is 5.91. The lowest BCUT2D eigenvalue weighted by Gasteiger charge is -2.23. The minimum absolute atomic E-state index is 0.0722. The van der Waals surface area contributed by atoms with Gasteiger partial charge in [0.15, 0.2) is 0 Å². The first kappa shape index (κ1) is 43.6. The second-order valence-electron chi connectivity index (χ2n) is 18.6. The minimum Gasteiger partial charge on any atom is -0.481 e. The van der Waals surface area contributed by atoms with E-state index in [9.17, 15) is 29.7 Å². The monoisotopic (exact) mass is 872 g/mol. The van der Waals surface area contributed by atoms with Gasteiger partial charge in [0.1, 0.15) is 17.5 Å². The van der Waals surface area contributed by atoms with Crippen molar-refractivity contribution in [2.75, 3.05) is 39.3 Å². The quantitative estimate of drug-likeness (QED) is 0.0721. The number of hydrogen-bond acceptors (Lipinski definition) is 10. The van der Waals surface area contributed by atoms with Gasteiger partial charge in [-0.15, -0.1) is 0 Å². The average molecular weight is 873 g/mol. The molecule has 0 aliphatic carbocycles. The molecule has 338 valence electrons. The molecule has 0 radical (unpaired) electrons. The van der Waals surface area contributed by atoms with Crippen LogP contribution in [0.25, 0.3) is 33.1 Å². The van der Waals surface area contributed by atoms with Crippen LogP contribution in [0.5, 0.6) is 0 Å². The standard InChI is InChI=1S/C48H60N10O6/c1-55-40-16-28(4-7-37(40)52-43(55)19-34(46(59)60)31-10-13-49-22-31)25-58(26-29-5-8-38-41(17-29)56(2)44(53-38)20-35(47(61)62)32-11-14-50-23-32)27-30-6-9-39-42(18-30)57(3)45(54-39)21-36(48(63)64)33-12-15-51-24-33/h4-9,16-18,31-36,49-51H,10-15,19-27H2,1-3H3,(H,59,60)(H,61,62)(H,63,64)/t31-,32-,33-,34-,35-,36-/m0/s1. The molecule has 0 saturated carbocycles. The van der Waals surface area contributed by atoms with E-state index in [4.69, 9.17) is 15.0 Å². The number of nitrogens with zero attached hydrogens (tertiary/aromatic N) is 7. The Labute approximate surface area is 372 Å². The molecule has 9 rings (SSSR count). The van der Waals surface area contributed by atoms with Crippen molar-refractivity contribution in [1.29, 1.82) is 0 Å². The largest absolute Gasteiger partial charge is 0.481 e. The van der Waals surface area contributed by atoms with Gasteiger partial charge >= 0.3 is 17.9 Å². The summed E-state index contributed by atoms with van der Waals surface area (Å²) in [5.74, 6) is -1.36. The molecule has 3 saturated heterocycles. The van der Waals surface area contributed by atoms with Crippen molar-refractivity contribution in [2.24, 2.45) is 56.7 Å². The highest BCUT2D eigenvalue weighted by Gasteiger charge is 2.34. The van der Waals surface area contributed by atoms with Crippen molar-refractivity contribution < 1.29 is 29.7 Å². The van der Waals surface area contributed by atoms with E-state index in [1.807, 2.05) is 53.0 Å². The molecule has 6 heterocycles. The lowest BCUT2D eigenvalue weighted by atomic mass is 9.88. The topological polar surface area (TPSA) is 205 Å². The summed E-state index contributed by atoms with van der Waals surface area (Å²) in [5, 5.41) is 40.4. The molecule has 6 N–H and O–H groups in total. The van der Waals surface area contributed by atoms with Crippen LogP contribution in [0.2, 0.25) is 0 Å². The minimum atomic E-state index is -0.782. The number of nitrogens with one attached hydrogen (secondary N) is 3. The molecule has 3 aliphatic heterocycles. The van der Waals surface area contributed by atoms with E-state index in [1.54, 1.807) is 0 Å². The van der Waals surface area contributed by atoms with Gasteiger partial charge in [0.25, 0.3) is 0 Å². The van der Waals surface area contributed by atoms with Gasteiger partial charge in [-0.2, -0.15) is 0 Å². The molecule has 3 aliphatic rings. The van der Waals surface area contributed by atoms with Crippen molar-refractivity contribution in [3.8, 4) is 0 Å². The van der Waals surface area contributed by atoms with Crippen LogP contribution in [0.4, 0.5) is 0 Å². The van der Waals surface area contributed by atoms with Crippen molar-refractivity contribution in [2.45, 2.75) is 58.2 Å². The molecule has 64 heavy (non-hydrogen) atoms. The molecule has 6 atom stereocenters. The summed E-state index contributed by atoms with van der Waals surface area (Å²) in [6, 6.07) is 18.9. The molecule has 3 aromatic carbocycles. The number of imidazole rings is 3. The number of fused-ring (bicyclic) bond motifs is 3. The van der Waals surface area contributed by atoms with E-state index in [1.165, 1.54) is 0 Å². The number of carbonyl (C=O) groups is 3. The molecule has 0 unspecified atom stereocenters. The summed E-state index contributed by atoms with van der Waals surface area (Å²) in [4.78, 5) is 54.3. The first-order valence-corrected chi connectivity index (χ1v) is 22.8. The average Bonchev–Trinajstić information content (AvgIpc) is 4.15. The van der Waals surface area contributed by atoms with E-state index in [-0.39, 0.29) is 17.8 Å². The highest BCUT2D eigenvalue weighted by molar-refractivity contribution is 5.79. The molecule has 6 aromatic rings. The van der Waals surface area contributed by atoms with Crippen molar-refractivity contribution in [3.63, 3.8) is 0 Å². The summed E-state index contributed by atoms with van der Waals surface area (Å²) >= 11 is 0. The Morgan fingerprint density at radius 2 is 0.844 bits per heavy atom. The molecule has 0 spiro atoms. The van der Waals surface area contributed by atoms with E-state index < -0.39 is 35.7 Å². The lowest BCUT2D eigenvalue weighted by molar-refractivity contribution is -0.144. The zero-order chi connectivity index (χ0) is 44.6. The van der Waals surface area contributed by atoms with E-state index in [2.05, 4.69) is 57.2 Å². The van der Waals surface area contributed by atoms with Gasteiger partial charge in [0.2, 0.25) is 0 Å². The fraction of sp³-hybridized carbons (Fsp3) is 0.500. The number of benzene rings is 3. The number of aliphatic carboxylic acids is 3. The molecule has 3 fully saturated rings. The maximum Gasteiger partial charge on any atom is 0.307 e. The third-order valence-electron chi connectivity index (χ3n) is 14.5. The Bertz CT molecular complexity index is 2400. The number of carboxylic acid groups (broad SMARTS) is 3. The van der Waals surface area contributed by atoms with Crippen LogP contribution < -0.4 is 16.0 Å². The van der Waals surface area contributed by atoms with Crippen LogP contribution in [-0.2, 0) is 74.4 Å². The van der Waals surface area contributed by atoms with Crippen LogP contribution in [0, 0.1) is 35.5 Å². The van der Waals surface area contributed by atoms with Crippen molar-refractivity contribution in [1.82, 2.24) is 49.5 Å². The fourth-order valence-electron chi connectivity index (χ4n) is 10.7. The van der Waals surface area contributed by atoms with Gasteiger partial charge in [0, 0.05) is 60.0 Å². The van der Waals surface area contributed by atoms with Gasteiger partial charge in [0.05, 0.1) is 50.9 Å². The van der Waals surface area contributed by atoms with Gasteiger partial charge in [-0.1, -0.05) is 18.2 Å². The fourth-order valence-corrected chi connectivity index (χ4v) is 10.7. The van der Waals surface area contributed by atoms with Gasteiger partial charge in [-0.05, 0) is 129 Å². The normalized spacial score (nSPS) is 20.5. The molecular formula is C48H60N10O6. The van der Waals surface area contributed by atoms with E-state index in [0.717, 1.165) is 106 Å². The molecule has 3 aromatic heterocycles. The lowest BCUT2D eigenvalue weighted by Crippen LogP contribution is -2.28. The van der Waals surface area contributed by atoms with Crippen LogP contribution >= 0.6 is 0 Å². The summed E-state index contributed by atoms with van der Waals surface area (Å²) in [6.07, 6.45) is 3.64. The van der Waals surface area contributed by atoms with Crippen LogP contribution in [0.15, 0.2) is 54.6 Å². The van der Waals surface area contributed by atoms with Gasteiger partial charge in [-0.25, -0.2) is 15.0 Å². The number of hydrogen-bond donors (Lipinski definition) is 6. The summed E-state index contributed by atoms with van der Waals surface area (Å²) in [5.41, 5.74) is 8.63. The summed E-state index contributed by atoms with van der Waals surface area (Å²) < 4.78 is 6.12. The summed E-state index contributed by atoms with van der Waals surface area (Å²) in [6.45, 7) is 6.45. The molecule has 0 bridgehead atoms. The van der Waals surface area contributed by atoms with Gasteiger partial charge < -0.3 is 45.0 Å². The number of carboxylic acids is 3. The second kappa shape index (κ2) is 18.4. The Kier molecular flexibility index (Phi) is 12.5. The van der Waals surface area contributed by atoms with Gasteiger partial charge in [-0.3, -0.25) is 19.3 Å². The third kappa shape index (κ3) is 9.01. The van der Waals surface area contributed by atoms with Crippen LogP contribution in [0.3, 0.4) is 0 Å². The highest BCUT2D eigenvalue weighted by atomic mass is 16.4. The Morgan fingerprint density at radius 3 is 1.09 bits per heavy atom. The second-order valence-corrected chi connectivity index (χ2v) is 18.6.